The molecule has 3 rings (SSSR count). The van der Waals surface area contributed by atoms with E-state index in [-0.39, 0.29) is 0 Å². The normalized spacial score (nSPS) is 22.6. The van der Waals surface area contributed by atoms with Gasteiger partial charge in [-0.3, -0.25) is 0 Å². The molecule has 2 N–H and O–H groups in total. The molecule has 2 fully saturated rings. The second-order valence-electron chi connectivity index (χ2n) is 7.62. The van der Waals surface area contributed by atoms with Crippen LogP contribution in [0.2, 0.25) is 0 Å². The smallest absolute Gasteiger partial charge is 0.0914 e. The first kappa shape index (κ1) is 17.9. The summed E-state index contributed by atoms with van der Waals surface area (Å²) in [5, 5.41) is 14.0. The van der Waals surface area contributed by atoms with Gasteiger partial charge in [-0.2, -0.15) is 0 Å². The molecule has 24 heavy (non-hydrogen) atoms. The fourth-order valence-electron chi connectivity index (χ4n) is 4.29. The third kappa shape index (κ3) is 4.81. The molecule has 1 aromatic carbocycles. The summed E-state index contributed by atoms with van der Waals surface area (Å²) in [7, 11) is 0. The lowest BCUT2D eigenvalue weighted by Crippen LogP contribution is -2.47. The number of hydrogen-bond acceptors (Lipinski definition) is 3. The van der Waals surface area contributed by atoms with Gasteiger partial charge in [0.25, 0.3) is 0 Å². The van der Waals surface area contributed by atoms with Crippen LogP contribution in [0.15, 0.2) is 24.3 Å². The number of aliphatic hydroxyl groups excluding tert-OH is 1. The van der Waals surface area contributed by atoms with E-state index in [4.69, 9.17) is 0 Å². The quantitative estimate of drug-likeness (QED) is 0.835. The van der Waals surface area contributed by atoms with Gasteiger partial charge < -0.3 is 15.3 Å². The summed E-state index contributed by atoms with van der Waals surface area (Å²) < 4.78 is 0. The van der Waals surface area contributed by atoms with E-state index in [1.165, 1.54) is 63.6 Å². The highest BCUT2D eigenvalue weighted by molar-refractivity contribution is 5.24. The van der Waals surface area contributed by atoms with Crippen LogP contribution in [0.25, 0.3) is 0 Å². The minimum atomic E-state index is -0.396. The Morgan fingerprint density at radius 1 is 1.04 bits per heavy atom. The second kappa shape index (κ2) is 8.98. The van der Waals surface area contributed by atoms with E-state index in [1.54, 1.807) is 0 Å². The molecule has 1 aliphatic carbocycles. The number of likely N-dealkylation sites (tertiary alicyclic amines) is 1. The van der Waals surface area contributed by atoms with Crippen molar-refractivity contribution in [1.29, 1.82) is 0 Å². The van der Waals surface area contributed by atoms with Gasteiger partial charge in [0.15, 0.2) is 0 Å². The topological polar surface area (TPSA) is 35.5 Å². The maximum Gasteiger partial charge on any atom is 0.0914 e. The lowest BCUT2D eigenvalue weighted by molar-refractivity contribution is 0.108. The van der Waals surface area contributed by atoms with E-state index in [0.29, 0.717) is 12.6 Å². The summed E-state index contributed by atoms with van der Waals surface area (Å²) in [6.45, 7) is 5.28. The van der Waals surface area contributed by atoms with Gasteiger partial charge in [-0.1, -0.05) is 50.5 Å². The molecule has 1 unspecified atom stereocenters. The average molecular weight is 331 g/mol. The van der Waals surface area contributed by atoms with Crippen LogP contribution < -0.4 is 5.32 Å². The van der Waals surface area contributed by atoms with E-state index in [9.17, 15) is 5.11 Å². The Labute approximate surface area is 147 Å². The van der Waals surface area contributed by atoms with Gasteiger partial charge in [0, 0.05) is 18.6 Å². The third-order valence-corrected chi connectivity index (χ3v) is 5.99. The van der Waals surface area contributed by atoms with E-state index in [1.807, 2.05) is 0 Å². The Balaban J connectivity index is 1.39. The molecule has 0 radical (unpaired) electrons. The van der Waals surface area contributed by atoms with Crippen LogP contribution in [-0.4, -0.2) is 41.7 Å². The van der Waals surface area contributed by atoms with Crippen LogP contribution in [0.3, 0.4) is 0 Å². The van der Waals surface area contributed by atoms with E-state index >= 15 is 0 Å². The number of nitrogens with zero attached hydrogens (tertiary/aromatic N) is 1. The lowest BCUT2D eigenvalue weighted by atomic mass is 9.92. The molecule has 1 saturated heterocycles. The fraction of sp³-hybridized carbons (Fsp3) is 0.714. The van der Waals surface area contributed by atoms with E-state index < -0.39 is 6.10 Å². The van der Waals surface area contributed by atoms with Crippen LogP contribution in [0.1, 0.15) is 69.1 Å². The van der Waals surface area contributed by atoms with Gasteiger partial charge >= 0.3 is 0 Å². The number of rotatable bonds is 6. The first-order valence-electron chi connectivity index (χ1n) is 10.0. The molecule has 1 saturated carbocycles. The summed E-state index contributed by atoms with van der Waals surface area (Å²) in [6.07, 6.45) is 10.2. The molecule has 134 valence electrons. The highest BCUT2D eigenvalue weighted by Gasteiger charge is 2.26. The predicted octanol–water partition coefficient (Wildman–Crippen LogP) is 3.67. The van der Waals surface area contributed by atoms with Crippen molar-refractivity contribution in [2.45, 2.75) is 76.5 Å². The van der Waals surface area contributed by atoms with Crippen LogP contribution >= 0.6 is 0 Å². The molecule has 0 bridgehead atoms. The van der Waals surface area contributed by atoms with Gasteiger partial charge in [0.2, 0.25) is 0 Å². The van der Waals surface area contributed by atoms with Crippen LogP contribution in [0, 0.1) is 0 Å². The molecular weight excluding hydrogens is 296 g/mol. The molecular formula is C21H34N2O. The van der Waals surface area contributed by atoms with E-state index in [2.05, 4.69) is 41.4 Å². The average Bonchev–Trinajstić information content (AvgIpc) is 2.67. The molecule has 0 spiro atoms. The lowest BCUT2D eigenvalue weighted by Gasteiger charge is -2.39. The summed E-state index contributed by atoms with van der Waals surface area (Å²) >= 11 is 0. The zero-order valence-electron chi connectivity index (χ0n) is 15.2. The molecule has 2 aliphatic rings. The Morgan fingerprint density at radius 2 is 1.71 bits per heavy atom. The zero-order chi connectivity index (χ0) is 16.8. The number of benzene rings is 1. The van der Waals surface area contributed by atoms with Gasteiger partial charge in [-0.25, -0.2) is 0 Å². The predicted molar refractivity (Wildman–Crippen MR) is 100 cm³/mol. The SMILES string of the molecule is CCc1ccc(C(O)CNC2CCN(C3CCCCC3)CC2)cc1. The van der Waals surface area contributed by atoms with Crippen molar-refractivity contribution in [2.75, 3.05) is 19.6 Å². The zero-order valence-corrected chi connectivity index (χ0v) is 15.2. The third-order valence-electron chi connectivity index (χ3n) is 5.99. The Hall–Kier alpha value is -0.900. The first-order chi connectivity index (χ1) is 11.8. The monoisotopic (exact) mass is 330 g/mol. The van der Waals surface area contributed by atoms with Crippen molar-refractivity contribution in [3.8, 4) is 0 Å². The number of aliphatic hydroxyl groups is 1. The highest BCUT2D eigenvalue weighted by atomic mass is 16.3. The van der Waals surface area contributed by atoms with Crippen molar-refractivity contribution < 1.29 is 5.11 Å². The number of nitrogens with one attached hydrogen (secondary N) is 1. The molecule has 0 amide bonds. The Morgan fingerprint density at radius 3 is 2.33 bits per heavy atom. The molecule has 1 aliphatic heterocycles. The van der Waals surface area contributed by atoms with Crippen molar-refractivity contribution in [1.82, 2.24) is 10.2 Å². The largest absolute Gasteiger partial charge is 0.387 e. The fourth-order valence-corrected chi connectivity index (χ4v) is 4.29. The summed E-state index contributed by atoms with van der Waals surface area (Å²) in [6, 6.07) is 9.80. The van der Waals surface area contributed by atoms with E-state index in [0.717, 1.165) is 18.0 Å². The summed E-state index contributed by atoms with van der Waals surface area (Å²) in [5.74, 6) is 0. The Bertz CT molecular complexity index is 473. The maximum absolute atomic E-state index is 10.4. The molecule has 1 aromatic rings. The van der Waals surface area contributed by atoms with Gasteiger partial charge in [0.05, 0.1) is 6.10 Å². The summed E-state index contributed by atoms with van der Waals surface area (Å²) in [4.78, 5) is 2.72. The maximum atomic E-state index is 10.4. The van der Waals surface area contributed by atoms with Crippen molar-refractivity contribution in [3.63, 3.8) is 0 Å². The molecule has 1 heterocycles. The van der Waals surface area contributed by atoms with Crippen LogP contribution in [0.4, 0.5) is 0 Å². The highest BCUT2D eigenvalue weighted by Crippen LogP contribution is 2.25. The first-order valence-corrected chi connectivity index (χ1v) is 10.0. The van der Waals surface area contributed by atoms with Gasteiger partial charge in [-0.05, 0) is 56.3 Å². The van der Waals surface area contributed by atoms with Crippen molar-refractivity contribution in [3.05, 3.63) is 35.4 Å². The molecule has 3 heteroatoms. The van der Waals surface area contributed by atoms with Gasteiger partial charge in [0.1, 0.15) is 0 Å². The molecule has 0 aromatic heterocycles. The minimum Gasteiger partial charge on any atom is -0.387 e. The standard InChI is InChI=1S/C21H34N2O/c1-2-17-8-10-18(11-9-17)21(24)16-22-19-12-14-23(15-13-19)20-6-4-3-5-7-20/h8-11,19-22,24H,2-7,12-16H2,1H3. The second-order valence-corrected chi connectivity index (χ2v) is 7.62. The van der Waals surface area contributed by atoms with Crippen LogP contribution in [-0.2, 0) is 6.42 Å². The molecule has 1 atom stereocenters. The number of hydrogen-bond donors (Lipinski definition) is 2. The molecule has 3 nitrogen and oxygen atoms in total. The van der Waals surface area contributed by atoms with Gasteiger partial charge in [-0.15, -0.1) is 0 Å². The minimum absolute atomic E-state index is 0.396. The Kier molecular flexibility index (Phi) is 6.70. The number of aryl methyl sites for hydroxylation is 1. The van der Waals surface area contributed by atoms with Crippen LogP contribution in [0.5, 0.6) is 0 Å². The summed E-state index contributed by atoms with van der Waals surface area (Å²) in [5.41, 5.74) is 2.35. The van der Waals surface area contributed by atoms with Crippen molar-refractivity contribution in [2.24, 2.45) is 0 Å². The number of piperidine rings is 1. The van der Waals surface area contributed by atoms with Crippen molar-refractivity contribution >= 4 is 0 Å².